The molecule has 1 aliphatic carbocycles. The van der Waals surface area contributed by atoms with Gasteiger partial charge in [0.15, 0.2) is 10.9 Å². The molecule has 2 aromatic heterocycles. The zero-order valence-corrected chi connectivity index (χ0v) is 22.2. The minimum Gasteiger partial charge on any atom is -0.326 e. The van der Waals surface area contributed by atoms with Crippen LogP contribution in [-0.2, 0) is 17.6 Å². The second-order valence-electron chi connectivity index (χ2n) is 8.79. The molecule has 4 aromatic rings. The van der Waals surface area contributed by atoms with E-state index in [-0.39, 0.29) is 17.2 Å². The molecule has 0 radical (unpaired) electrons. The number of halogens is 1. The standard InChI is InChI=1S/C27H24ClN3O3S2/c1-15(24(33)17-7-9-18(28)10-8-17)35-27-30-25-23(21-5-3-4-6-22(21)36-25)26(34)31(27)20-13-11-19(12-14-20)29-16(2)32/h7-15H,3-6H2,1-2H3,(H,29,32)/t15-/m1/s1. The molecule has 1 amide bonds. The number of hydrogen-bond acceptors (Lipinski definition) is 6. The van der Waals surface area contributed by atoms with Crippen molar-refractivity contribution < 1.29 is 9.59 Å². The number of aryl methyl sites for hydroxylation is 2. The Morgan fingerprint density at radius 2 is 1.78 bits per heavy atom. The fraction of sp³-hybridized carbons (Fsp3) is 0.259. The highest BCUT2D eigenvalue weighted by molar-refractivity contribution is 8.00. The van der Waals surface area contributed by atoms with E-state index in [0.29, 0.717) is 32.5 Å². The molecular formula is C27H24ClN3O3S2. The molecule has 0 aliphatic heterocycles. The molecule has 1 aliphatic rings. The predicted octanol–water partition coefficient (Wildman–Crippen LogP) is 6.30. The average Bonchev–Trinajstić information content (AvgIpc) is 3.23. The lowest BCUT2D eigenvalue weighted by Crippen LogP contribution is -2.24. The van der Waals surface area contributed by atoms with Crippen LogP contribution in [0.5, 0.6) is 0 Å². The summed E-state index contributed by atoms with van der Waals surface area (Å²) in [7, 11) is 0. The molecule has 36 heavy (non-hydrogen) atoms. The lowest BCUT2D eigenvalue weighted by molar-refractivity contribution is -0.114. The van der Waals surface area contributed by atoms with Crippen molar-refractivity contribution in [2.45, 2.75) is 49.9 Å². The molecule has 184 valence electrons. The van der Waals surface area contributed by atoms with Gasteiger partial charge in [-0.15, -0.1) is 11.3 Å². The molecule has 9 heteroatoms. The Balaban J connectivity index is 1.60. The van der Waals surface area contributed by atoms with E-state index in [4.69, 9.17) is 16.6 Å². The summed E-state index contributed by atoms with van der Waals surface area (Å²) < 4.78 is 1.60. The molecule has 6 nitrogen and oxygen atoms in total. The van der Waals surface area contributed by atoms with Gasteiger partial charge in [-0.25, -0.2) is 4.98 Å². The second-order valence-corrected chi connectivity index (χ2v) is 11.6. The van der Waals surface area contributed by atoms with Crippen molar-refractivity contribution in [3.63, 3.8) is 0 Å². The Morgan fingerprint density at radius 3 is 2.47 bits per heavy atom. The third-order valence-corrected chi connectivity index (χ3v) is 8.67. The second kappa shape index (κ2) is 10.2. The number of thioether (sulfide) groups is 1. The molecule has 0 saturated carbocycles. The largest absolute Gasteiger partial charge is 0.326 e. The van der Waals surface area contributed by atoms with E-state index in [9.17, 15) is 14.4 Å². The van der Waals surface area contributed by atoms with Crippen molar-refractivity contribution in [2.75, 3.05) is 5.32 Å². The van der Waals surface area contributed by atoms with Crippen LogP contribution >= 0.6 is 34.7 Å². The third kappa shape index (κ3) is 4.85. The van der Waals surface area contributed by atoms with Gasteiger partial charge in [0.05, 0.1) is 16.3 Å². The van der Waals surface area contributed by atoms with E-state index in [1.54, 1.807) is 64.4 Å². The molecular weight excluding hydrogens is 514 g/mol. The first-order valence-electron chi connectivity index (χ1n) is 11.7. The number of thiophene rings is 1. The highest BCUT2D eigenvalue weighted by atomic mass is 35.5. The molecule has 2 heterocycles. The number of nitrogens with one attached hydrogen (secondary N) is 1. The summed E-state index contributed by atoms with van der Waals surface area (Å²) in [5, 5.41) is 3.99. The number of amides is 1. The van der Waals surface area contributed by atoms with Crippen LogP contribution in [0.2, 0.25) is 5.02 Å². The minimum absolute atomic E-state index is 0.0657. The molecule has 2 aromatic carbocycles. The highest BCUT2D eigenvalue weighted by Crippen LogP contribution is 2.36. The summed E-state index contributed by atoms with van der Waals surface area (Å²) in [6.45, 7) is 3.27. The maximum Gasteiger partial charge on any atom is 0.267 e. The maximum absolute atomic E-state index is 14.0. The van der Waals surface area contributed by atoms with Crippen LogP contribution in [-0.4, -0.2) is 26.5 Å². The van der Waals surface area contributed by atoms with Gasteiger partial charge in [0.2, 0.25) is 5.91 Å². The van der Waals surface area contributed by atoms with Crippen molar-refractivity contribution in [1.82, 2.24) is 9.55 Å². The third-order valence-electron chi connectivity index (χ3n) is 6.18. The Kier molecular flexibility index (Phi) is 7.01. The van der Waals surface area contributed by atoms with Crippen molar-refractivity contribution in [1.29, 1.82) is 0 Å². The Morgan fingerprint density at radius 1 is 1.08 bits per heavy atom. The fourth-order valence-corrected chi connectivity index (χ4v) is 6.88. The van der Waals surface area contributed by atoms with Crippen molar-refractivity contribution in [2.24, 2.45) is 0 Å². The Labute approximate surface area is 221 Å². The first-order chi connectivity index (χ1) is 17.3. The van der Waals surface area contributed by atoms with Crippen molar-refractivity contribution in [3.05, 3.63) is 79.9 Å². The smallest absolute Gasteiger partial charge is 0.267 e. The van der Waals surface area contributed by atoms with Crippen LogP contribution in [0.1, 0.15) is 47.5 Å². The molecule has 0 fully saturated rings. The van der Waals surface area contributed by atoms with E-state index < -0.39 is 5.25 Å². The van der Waals surface area contributed by atoms with Gasteiger partial charge in [0.1, 0.15) is 4.83 Å². The maximum atomic E-state index is 14.0. The van der Waals surface area contributed by atoms with Gasteiger partial charge in [-0.05, 0) is 86.7 Å². The first-order valence-corrected chi connectivity index (χ1v) is 13.8. The SMILES string of the molecule is CC(=O)Nc1ccc(-n2c(S[C@H](C)C(=O)c3ccc(Cl)cc3)nc3sc4c(c3c2=O)CCCC4)cc1. The number of fused-ring (bicyclic) bond motifs is 3. The number of rotatable bonds is 6. The first kappa shape index (κ1) is 24.7. The van der Waals surface area contributed by atoms with Gasteiger partial charge in [-0.3, -0.25) is 19.0 Å². The number of nitrogens with zero attached hydrogens (tertiary/aromatic N) is 2. The number of aromatic nitrogens is 2. The summed E-state index contributed by atoms with van der Waals surface area (Å²) in [5.74, 6) is -0.234. The van der Waals surface area contributed by atoms with Gasteiger partial charge in [-0.1, -0.05) is 23.4 Å². The Hall–Kier alpha value is -2.94. The van der Waals surface area contributed by atoms with Crippen LogP contribution < -0.4 is 10.9 Å². The van der Waals surface area contributed by atoms with E-state index in [1.165, 1.54) is 23.6 Å². The van der Waals surface area contributed by atoms with Crippen LogP contribution in [0.4, 0.5) is 5.69 Å². The lowest BCUT2D eigenvalue weighted by atomic mass is 9.97. The number of hydrogen-bond donors (Lipinski definition) is 1. The van der Waals surface area contributed by atoms with Gasteiger partial charge in [-0.2, -0.15) is 0 Å². The molecule has 0 spiro atoms. The number of anilines is 1. The molecule has 0 unspecified atom stereocenters. The lowest BCUT2D eigenvalue weighted by Gasteiger charge is -2.16. The number of carbonyl (C=O) groups excluding carboxylic acids is 2. The van der Waals surface area contributed by atoms with Crippen LogP contribution in [0.3, 0.4) is 0 Å². The normalized spacial score (nSPS) is 13.9. The zero-order valence-electron chi connectivity index (χ0n) is 19.8. The van der Waals surface area contributed by atoms with Gasteiger partial charge < -0.3 is 5.32 Å². The van der Waals surface area contributed by atoms with Crippen LogP contribution in [0, 0.1) is 0 Å². The Bertz CT molecular complexity index is 1530. The highest BCUT2D eigenvalue weighted by Gasteiger charge is 2.25. The fourth-order valence-electron chi connectivity index (χ4n) is 4.45. The molecule has 5 rings (SSSR count). The average molecular weight is 538 g/mol. The quantitative estimate of drug-likeness (QED) is 0.177. The molecule has 1 atom stereocenters. The molecule has 0 bridgehead atoms. The molecule has 1 N–H and O–H groups in total. The van der Waals surface area contributed by atoms with Crippen LogP contribution in [0.15, 0.2) is 58.5 Å². The van der Waals surface area contributed by atoms with Crippen LogP contribution in [0.25, 0.3) is 15.9 Å². The number of Topliss-reactive ketones (excluding diaryl/α,β-unsaturated/α-hetero) is 1. The number of benzene rings is 2. The topological polar surface area (TPSA) is 81.1 Å². The van der Waals surface area contributed by atoms with Crippen molar-refractivity contribution >= 4 is 62.3 Å². The summed E-state index contributed by atoms with van der Waals surface area (Å²) >= 11 is 8.84. The van der Waals surface area contributed by atoms with E-state index in [0.717, 1.165) is 36.1 Å². The number of carbonyl (C=O) groups is 2. The van der Waals surface area contributed by atoms with Crippen molar-refractivity contribution in [3.8, 4) is 5.69 Å². The summed E-state index contributed by atoms with van der Waals surface area (Å²) in [5.41, 5.74) is 2.82. The summed E-state index contributed by atoms with van der Waals surface area (Å²) in [6, 6.07) is 13.9. The van der Waals surface area contributed by atoms with E-state index in [2.05, 4.69) is 5.32 Å². The summed E-state index contributed by atoms with van der Waals surface area (Å²) in [6.07, 6.45) is 4.03. The van der Waals surface area contributed by atoms with E-state index in [1.807, 2.05) is 6.92 Å². The minimum atomic E-state index is -0.477. The van der Waals surface area contributed by atoms with Gasteiger partial charge in [0.25, 0.3) is 5.56 Å². The predicted molar refractivity (Wildman–Crippen MR) is 147 cm³/mol. The monoisotopic (exact) mass is 537 g/mol. The van der Waals surface area contributed by atoms with E-state index >= 15 is 0 Å². The summed E-state index contributed by atoms with van der Waals surface area (Å²) in [4.78, 5) is 45.4. The van der Waals surface area contributed by atoms with Gasteiger partial charge in [0, 0.05) is 28.1 Å². The zero-order chi connectivity index (χ0) is 25.4. The number of ketones is 1. The molecule has 0 saturated heterocycles. The van der Waals surface area contributed by atoms with Gasteiger partial charge >= 0.3 is 0 Å².